The van der Waals surface area contributed by atoms with Crippen molar-refractivity contribution >= 4 is 11.7 Å². The summed E-state index contributed by atoms with van der Waals surface area (Å²) in [5.74, 6) is 1.68. The number of hydrogen-bond acceptors (Lipinski definition) is 3. The number of nitrogens with one attached hydrogen (secondary N) is 1. The molecule has 6 heteroatoms. The molecule has 134 valence electrons. The van der Waals surface area contributed by atoms with Gasteiger partial charge >= 0.3 is 0 Å². The Kier molecular flexibility index (Phi) is 3.90. The highest BCUT2D eigenvalue weighted by molar-refractivity contribution is 6.05. The van der Waals surface area contributed by atoms with Crippen LogP contribution in [0.4, 0.5) is 5.82 Å². The highest BCUT2D eigenvalue weighted by atomic mass is 16.1. The lowest BCUT2D eigenvalue weighted by molar-refractivity contribution is 0.102. The minimum Gasteiger partial charge on any atom is -0.306 e. The molecule has 0 unspecified atom stereocenters. The standard InChI is InChI=1S/C20H23N5O/c1-12-10-16(12)17-11-18(25(23-17)15-8-6-5-7-9-15)21-20(26)19-13(2)22-24(4)14(19)3/h5-9,11-12,16H,10H2,1-4H3,(H,21,26)/t12-,16-/m0/s1. The molecule has 6 nitrogen and oxygen atoms in total. The van der Waals surface area contributed by atoms with E-state index in [4.69, 9.17) is 5.10 Å². The third-order valence-electron chi connectivity index (χ3n) is 5.20. The minimum absolute atomic E-state index is 0.152. The second kappa shape index (κ2) is 6.12. The van der Waals surface area contributed by atoms with E-state index in [0.29, 0.717) is 23.2 Å². The zero-order chi connectivity index (χ0) is 18.4. The number of anilines is 1. The second-order valence-corrected chi connectivity index (χ2v) is 7.14. The Morgan fingerprint density at radius 3 is 2.46 bits per heavy atom. The molecule has 1 aromatic carbocycles. The molecular formula is C20H23N5O. The Labute approximate surface area is 152 Å². The monoisotopic (exact) mass is 349 g/mol. The Morgan fingerprint density at radius 1 is 1.19 bits per heavy atom. The van der Waals surface area contributed by atoms with E-state index in [1.807, 2.05) is 62.0 Å². The van der Waals surface area contributed by atoms with Crippen molar-refractivity contribution in [2.45, 2.75) is 33.1 Å². The van der Waals surface area contributed by atoms with Crippen LogP contribution in [0.5, 0.6) is 0 Å². The number of hydrogen-bond donors (Lipinski definition) is 1. The molecule has 26 heavy (non-hydrogen) atoms. The van der Waals surface area contributed by atoms with E-state index < -0.39 is 0 Å². The van der Waals surface area contributed by atoms with Crippen molar-refractivity contribution in [1.29, 1.82) is 0 Å². The van der Waals surface area contributed by atoms with E-state index in [-0.39, 0.29) is 5.91 Å². The first kappa shape index (κ1) is 16.6. The van der Waals surface area contributed by atoms with Gasteiger partial charge in [-0.05, 0) is 38.3 Å². The zero-order valence-electron chi connectivity index (χ0n) is 15.5. The predicted octanol–water partition coefficient (Wildman–Crippen LogP) is 3.60. The van der Waals surface area contributed by atoms with Gasteiger partial charge in [0.05, 0.1) is 22.6 Å². The summed E-state index contributed by atoms with van der Waals surface area (Å²) in [4.78, 5) is 12.9. The molecule has 0 aliphatic heterocycles. The maximum Gasteiger partial charge on any atom is 0.260 e. The summed E-state index contributed by atoms with van der Waals surface area (Å²) in [7, 11) is 1.85. The number of amides is 1. The van der Waals surface area contributed by atoms with Crippen LogP contribution in [0.3, 0.4) is 0 Å². The van der Waals surface area contributed by atoms with E-state index in [1.165, 1.54) is 0 Å². The molecule has 2 atom stereocenters. The van der Waals surface area contributed by atoms with Crippen LogP contribution in [0.1, 0.15) is 46.7 Å². The molecular weight excluding hydrogens is 326 g/mol. The van der Waals surface area contributed by atoms with Crippen molar-refractivity contribution in [2.24, 2.45) is 13.0 Å². The lowest BCUT2D eigenvalue weighted by atomic mass is 10.2. The fourth-order valence-corrected chi connectivity index (χ4v) is 3.45. The van der Waals surface area contributed by atoms with Crippen molar-refractivity contribution in [2.75, 3.05) is 5.32 Å². The number of benzene rings is 1. The normalized spacial score (nSPS) is 18.8. The maximum absolute atomic E-state index is 12.9. The molecule has 1 N–H and O–H groups in total. The summed E-state index contributed by atoms with van der Waals surface area (Å²) in [6.45, 7) is 5.99. The Hall–Kier alpha value is -2.89. The molecule has 0 saturated heterocycles. The highest BCUT2D eigenvalue weighted by Crippen LogP contribution is 2.47. The molecule has 1 aliphatic carbocycles. The summed E-state index contributed by atoms with van der Waals surface area (Å²) in [6.07, 6.45) is 1.15. The molecule has 1 aliphatic rings. The van der Waals surface area contributed by atoms with Crippen LogP contribution in [-0.4, -0.2) is 25.5 Å². The van der Waals surface area contributed by atoms with Crippen LogP contribution in [0.25, 0.3) is 5.69 Å². The molecule has 3 aromatic rings. The van der Waals surface area contributed by atoms with Crippen LogP contribution in [0.2, 0.25) is 0 Å². The average molecular weight is 349 g/mol. The van der Waals surface area contributed by atoms with E-state index in [0.717, 1.165) is 29.2 Å². The first-order valence-corrected chi connectivity index (χ1v) is 8.92. The number of aromatic nitrogens is 4. The van der Waals surface area contributed by atoms with Crippen LogP contribution in [0, 0.1) is 19.8 Å². The minimum atomic E-state index is -0.152. The number of carbonyl (C=O) groups excluding carboxylic acids is 1. The van der Waals surface area contributed by atoms with Gasteiger partial charge in [-0.3, -0.25) is 9.48 Å². The molecule has 1 fully saturated rings. The quantitative estimate of drug-likeness (QED) is 0.783. The average Bonchev–Trinajstić information content (AvgIpc) is 3.10. The molecule has 0 spiro atoms. The largest absolute Gasteiger partial charge is 0.306 e. The molecule has 4 rings (SSSR count). The van der Waals surface area contributed by atoms with E-state index in [9.17, 15) is 4.79 Å². The molecule has 2 aromatic heterocycles. The van der Waals surface area contributed by atoms with Gasteiger partial charge in [-0.15, -0.1) is 0 Å². The summed E-state index contributed by atoms with van der Waals surface area (Å²) in [5.41, 5.74) is 4.17. The number of aryl methyl sites for hydroxylation is 2. The molecule has 0 bridgehead atoms. The van der Waals surface area contributed by atoms with Gasteiger partial charge in [0.15, 0.2) is 0 Å². The van der Waals surface area contributed by atoms with Crippen molar-refractivity contribution in [1.82, 2.24) is 19.6 Å². The SMILES string of the molecule is Cc1nn(C)c(C)c1C(=O)Nc1cc([C@H]2C[C@@H]2C)nn1-c1ccccc1. The maximum atomic E-state index is 12.9. The first-order valence-electron chi connectivity index (χ1n) is 8.92. The van der Waals surface area contributed by atoms with Crippen molar-refractivity contribution in [3.8, 4) is 5.69 Å². The molecule has 1 saturated carbocycles. The van der Waals surface area contributed by atoms with Gasteiger partial charge in [-0.25, -0.2) is 4.68 Å². The first-order chi connectivity index (χ1) is 12.5. The third kappa shape index (κ3) is 2.81. The topological polar surface area (TPSA) is 64.7 Å². The Morgan fingerprint density at radius 2 is 1.88 bits per heavy atom. The van der Waals surface area contributed by atoms with Gasteiger partial charge < -0.3 is 5.32 Å². The number of rotatable bonds is 4. The number of para-hydroxylation sites is 1. The van der Waals surface area contributed by atoms with Gasteiger partial charge in [-0.2, -0.15) is 10.2 Å². The van der Waals surface area contributed by atoms with Gasteiger partial charge in [0.2, 0.25) is 0 Å². The van der Waals surface area contributed by atoms with Gasteiger partial charge in [0.25, 0.3) is 5.91 Å². The van der Waals surface area contributed by atoms with Gasteiger partial charge in [0, 0.05) is 24.7 Å². The number of nitrogens with zero attached hydrogens (tertiary/aromatic N) is 4. The summed E-state index contributed by atoms with van der Waals surface area (Å²) in [6, 6.07) is 11.9. The lowest BCUT2D eigenvalue weighted by Crippen LogP contribution is -2.16. The van der Waals surface area contributed by atoms with E-state index in [1.54, 1.807) is 4.68 Å². The fourth-order valence-electron chi connectivity index (χ4n) is 3.45. The summed E-state index contributed by atoms with van der Waals surface area (Å²) >= 11 is 0. The third-order valence-corrected chi connectivity index (χ3v) is 5.20. The van der Waals surface area contributed by atoms with Gasteiger partial charge in [0.1, 0.15) is 5.82 Å². The molecule has 0 radical (unpaired) electrons. The van der Waals surface area contributed by atoms with Crippen molar-refractivity contribution in [3.63, 3.8) is 0 Å². The van der Waals surface area contributed by atoms with Crippen LogP contribution in [-0.2, 0) is 7.05 Å². The van der Waals surface area contributed by atoms with Crippen molar-refractivity contribution < 1.29 is 4.79 Å². The van der Waals surface area contributed by atoms with Gasteiger partial charge in [-0.1, -0.05) is 25.1 Å². The van der Waals surface area contributed by atoms with E-state index in [2.05, 4.69) is 17.3 Å². The van der Waals surface area contributed by atoms with E-state index >= 15 is 0 Å². The smallest absolute Gasteiger partial charge is 0.260 e. The van der Waals surface area contributed by atoms with Crippen molar-refractivity contribution in [3.05, 3.63) is 59.0 Å². The predicted molar refractivity (Wildman–Crippen MR) is 101 cm³/mol. The Bertz CT molecular complexity index is 970. The zero-order valence-corrected chi connectivity index (χ0v) is 15.5. The summed E-state index contributed by atoms with van der Waals surface area (Å²) in [5, 5.41) is 12.2. The summed E-state index contributed by atoms with van der Waals surface area (Å²) < 4.78 is 3.55. The molecule has 2 heterocycles. The Balaban J connectivity index is 1.71. The van der Waals surface area contributed by atoms with Crippen LogP contribution in [0.15, 0.2) is 36.4 Å². The fraction of sp³-hybridized carbons (Fsp3) is 0.350. The highest BCUT2D eigenvalue weighted by Gasteiger charge is 2.37. The lowest BCUT2D eigenvalue weighted by Gasteiger charge is -2.09. The second-order valence-electron chi connectivity index (χ2n) is 7.14. The molecule has 1 amide bonds. The van der Waals surface area contributed by atoms with Crippen LogP contribution >= 0.6 is 0 Å². The number of carbonyl (C=O) groups is 1. The van der Waals surface area contributed by atoms with Crippen LogP contribution < -0.4 is 5.32 Å².